The highest BCUT2D eigenvalue weighted by atomic mass is 16.4. The van der Waals surface area contributed by atoms with Crippen molar-refractivity contribution in [2.45, 2.75) is 32.1 Å². The maximum Gasteiger partial charge on any atom is 0.323 e. The van der Waals surface area contributed by atoms with Crippen LogP contribution in [-0.2, 0) is 9.59 Å². The molecule has 1 aliphatic heterocycles. The molecule has 0 aromatic heterocycles. The zero-order valence-corrected chi connectivity index (χ0v) is 11.2. The zero-order chi connectivity index (χ0) is 13.5. The first-order chi connectivity index (χ1) is 9.11. The van der Waals surface area contributed by atoms with Gasteiger partial charge in [0.1, 0.15) is 6.54 Å². The van der Waals surface area contributed by atoms with E-state index in [0.29, 0.717) is 12.5 Å². The minimum Gasteiger partial charge on any atom is -0.480 e. The lowest BCUT2D eigenvalue weighted by Crippen LogP contribution is -2.40. The van der Waals surface area contributed by atoms with E-state index >= 15 is 0 Å². The predicted octanol–water partition coefficient (Wildman–Crippen LogP) is 0.699. The SMILES string of the molecule is O=C(O)CN(CC1CC1)C(=O)C1CC12CCNCC2. The highest BCUT2D eigenvalue weighted by Gasteiger charge is 2.58. The third-order valence-electron chi connectivity index (χ3n) is 4.90. The molecular weight excluding hydrogens is 244 g/mol. The third kappa shape index (κ3) is 2.76. The van der Waals surface area contributed by atoms with Gasteiger partial charge in [-0.3, -0.25) is 9.59 Å². The second kappa shape index (κ2) is 4.78. The van der Waals surface area contributed by atoms with Gasteiger partial charge in [-0.25, -0.2) is 0 Å². The Hall–Kier alpha value is -1.10. The second-order valence-electron chi connectivity index (χ2n) is 6.42. The number of nitrogens with zero attached hydrogens (tertiary/aromatic N) is 1. The molecule has 0 bridgehead atoms. The van der Waals surface area contributed by atoms with Crippen LogP contribution < -0.4 is 5.32 Å². The number of carboxylic acid groups (broad SMARTS) is 1. The van der Waals surface area contributed by atoms with Gasteiger partial charge in [-0.05, 0) is 56.5 Å². The van der Waals surface area contributed by atoms with Gasteiger partial charge >= 0.3 is 5.97 Å². The lowest BCUT2D eigenvalue weighted by atomic mass is 9.91. The molecule has 19 heavy (non-hydrogen) atoms. The maximum atomic E-state index is 12.5. The third-order valence-corrected chi connectivity index (χ3v) is 4.90. The standard InChI is InChI=1S/C14H22N2O3/c17-12(18)9-16(8-10-1-2-10)13(19)11-7-14(11)3-5-15-6-4-14/h10-11,15H,1-9H2,(H,17,18). The molecule has 2 N–H and O–H groups in total. The Kier molecular flexibility index (Phi) is 3.25. The average Bonchev–Trinajstić information content (AvgIpc) is 3.27. The molecule has 0 radical (unpaired) electrons. The van der Waals surface area contributed by atoms with E-state index in [9.17, 15) is 9.59 Å². The first kappa shape index (κ1) is 12.9. The fraction of sp³-hybridized carbons (Fsp3) is 0.857. The summed E-state index contributed by atoms with van der Waals surface area (Å²) in [7, 11) is 0. The Bertz CT molecular complexity index is 386. The number of carbonyl (C=O) groups is 2. The summed E-state index contributed by atoms with van der Waals surface area (Å²) in [6.45, 7) is 2.51. The number of nitrogens with one attached hydrogen (secondary N) is 1. The molecule has 2 saturated carbocycles. The van der Waals surface area contributed by atoms with Gasteiger partial charge in [-0.2, -0.15) is 0 Å². The number of hydrogen-bond donors (Lipinski definition) is 2. The minimum absolute atomic E-state index is 0.0905. The average molecular weight is 266 g/mol. The molecule has 106 valence electrons. The summed E-state index contributed by atoms with van der Waals surface area (Å²) >= 11 is 0. The molecule has 1 saturated heterocycles. The van der Waals surface area contributed by atoms with Crippen molar-refractivity contribution in [1.82, 2.24) is 10.2 Å². The van der Waals surface area contributed by atoms with Crippen LogP contribution >= 0.6 is 0 Å². The molecule has 0 aromatic carbocycles. The lowest BCUT2D eigenvalue weighted by molar-refractivity contribution is -0.145. The van der Waals surface area contributed by atoms with Crippen molar-refractivity contribution in [2.24, 2.45) is 17.3 Å². The molecule has 3 rings (SSSR count). The number of amides is 1. The minimum atomic E-state index is -0.894. The molecule has 0 aromatic rings. The summed E-state index contributed by atoms with van der Waals surface area (Å²) < 4.78 is 0. The van der Waals surface area contributed by atoms with Crippen molar-refractivity contribution in [1.29, 1.82) is 0 Å². The Morgan fingerprint density at radius 1 is 1.26 bits per heavy atom. The van der Waals surface area contributed by atoms with Crippen LogP contribution in [0.3, 0.4) is 0 Å². The number of carbonyl (C=O) groups excluding carboxylic acids is 1. The Labute approximate surface area is 113 Å². The van der Waals surface area contributed by atoms with Crippen molar-refractivity contribution < 1.29 is 14.7 Å². The van der Waals surface area contributed by atoms with Gasteiger partial charge in [-0.15, -0.1) is 0 Å². The number of aliphatic carboxylic acids is 1. The summed E-state index contributed by atoms with van der Waals surface area (Å²) in [6.07, 6.45) is 5.38. The number of piperidine rings is 1. The topological polar surface area (TPSA) is 69.6 Å². The molecule has 3 fully saturated rings. The van der Waals surface area contributed by atoms with Crippen molar-refractivity contribution in [3.63, 3.8) is 0 Å². The van der Waals surface area contributed by atoms with Gasteiger partial charge in [0.2, 0.25) is 5.91 Å². The predicted molar refractivity (Wildman–Crippen MR) is 69.6 cm³/mol. The summed E-state index contributed by atoms with van der Waals surface area (Å²) in [5.41, 5.74) is 0.197. The van der Waals surface area contributed by atoms with E-state index in [1.165, 1.54) is 0 Å². The van der Waals surface area contributed by atoms with Gasteiger partial charge in [0.15, 0.2) is 0 Å². The zero-order valence-electron chi connectivity index (χ0n) is 11.2. The second-order valence-corrected chi connectivity index (χ2v) is 6.42. The van der Waals surface area contributed by atoms with Gasteiger partial charge < -0.3 is 15.3 Å². The van der Waals surface area contributed by atoms with E-state index < -0.39 is 5.97 Å². The summed E-state index contributed by atoms with van der Waals surface area (Å²) in [5, 5.41) is 12.3. The van der Waals surface area contributed by atoms with Crippen LogP contribution in [0.2, 0.25) is 0 Å². The summed E-state index contributed by atoms with van der Waals surface area (Å²) in [6, 6.07) is 0. The Morgan fingerprint density at radius 2 is 1.95 bits per heavy atom. The highest BCUT2D eigenvalue weighted by Crippen LogP contribution is 2.59. The number of hydrogen-bond acceptors (Lipinski definition) is 3. The normalized spacial score (nSPS) is 28.1. The van der Waals surface area contributed by atoms with Crippen LogP contribution in [0.4, 0.5) is 0 Å². The number of carboxylic acids is 1. The summed E-state index contributed by atoms with van der Waals surface area (Å²) in [5.74, 6) is -0.163. The monoisotopic (exact) mass is 266 g/mol. The fourth-order valence-electron chi connectivity index (χ4n) is 3.40. The Balaban J connectivity index is 1.61. The van der Waals surface area contributed by atoms with E-state index in [1.54, 1.807) is 4.90 Å². The molecule has 1 unspecified atom stereocenters. The molecule has 3 aliphatic rings. The van der Waals surface area contributed by atoms with E-state index in [0.717, 1.165) is 45.2 Å². The largest absolute Gasteiger partial charge is 0.480 e. The fourth-order valence-corrected chi connectivity index (χ4v) is 3.40. The quantitative estimate of drug-likeness (QED) is 0.768. The molecule has 1 atom stereocenters. The smallest absolute Gasteiger partial charge is 0.323 e. The van der Waals surface area contributed by atoms with Crippen LogP contribution in [0.25, 0.3) is 0 Å². The van der Waals surface area contributed by atoms with E-state index in [4.69, 9.17) is 5.11 Å². The molecule has 5 heteroatoms. The Morgan fingerprint density at radius 3 is 2.53 bits per heavy atom. The first-order valence-electron chi connectivity index (χ1n) is 7.32. The molecular formula is C14H22N2O3. The van der Waals surface area contributed by atoms with Crippen LogP contribution in [0.5, 0.6) is 0 Å². The maximum absolute atomic E-state index is 12.5. The highest BCUT2D eigenvalue weighted by molar-refractivity contribution is 5.86. The van der Waals surface area contributed by atoms with Crippen molar-refractivity contribution in [3.05, 3.63) is 0 Å². The van der Waals surface area contributed by atoms with Crippen LogP contribution in [0.15, 0.2) is 0 Å². The van der Waals surface area contributed by atoms with Gasteiger partial charge in [0, 0.05) is 12.5 Å². The van der Waals surface area contributed by atoms with Crippen molar-refractivity contribution in [2.75, 3.05) is 26.2 Å². The van der Waals surface area contributed by atoms with Crippen LogP contribution in [-0.4, -0.2) is 48.1 Å². The van der Waals surface area contributed by atoms with Crippen molar-refractivity contribution in [3.8, 4) is 0 Å². The molecule has 2 aliphatic carbocycles. The number of rotatable bonds is 5. The molecule has 5 nitrogen and oxygen atoms in total. The van der Waals surface area contributed by atoms with Gasteiger partial charge in [0.25, 0.3) is 0 Å². The first-order valence-corrected chi connectivity index (χ1v) is 7.32. The molecule has 1 heterocycles. The van der Waals surface area contributed by atoms with Crippen LogP contribution in [0.1, 0.15) is 32.1 Å². The van der Waals surface area contributed by atoms with Crippen molar-refractivity contribution >= 4 is 11.9 Å². The van der Waals surface area contributed by atoms with Crippen LogP contribution in [0, 0.1) is 17.3 Å². The lowest BCUT2D eigenvalue weighted by Gasteiger charge is -2.26. The molecule has 1 amide bonds. The van der Waals surface area contributed by atoms with E-state index in [-0.39, 0.29) is 23.8 Å². The van der Waals surface area contributed by atoms with E-state index in [1.807, 2.05) is 0 Å². The summed E-state index contributed by atoms with van der Waals surface area (Å²) in [4.78, 5) is 25.0. The van der Waals surface area contributed by atoms with Gasteiger partial charge in [-0.1, -0.05) is 0 Å². The van der Waals surface area contributed by atoms with Gasteiger partial charge in [0.05, 0.1) is 0 Å². The molecule has 1 spiro atoms. The van der Waals surface area contributed by atoms with E-state index in [2.05, 4.69) is 5.32 Å².